The summed E-state index contributed by atoms with van der Waals surface area (Å²) in [5, 5.41) is 3.00. The molecule has 1 aliphatic rings. The molecule has 1 aromatic rings. The fourth-order valence-corrected chi connectivity index (χ4v) is 2.17. The van der Waals surface area contributed by atoms with Crippen molar-refractivity contribution in [2.75, 3.05) is 18.9 Å². The molecule has 86 valence electrons. The number of rotatable bonds is 2. The number of aryl methyl sites for hydroxylation is 1. The van der Waals surface area contributed by atoms with Crippen LogP contribution in [0.4, 0.5) is 5.69 Å². The Balaban J connectivity index is 2.05. The van der Waals surface area contributed by atoms with Crippen molar-refractivity contribution < 1.29 is 4.79 Å². The van der Waals surface area contributed by atoms with Gasteiger partial charge in [-0.15, -0.1) is 0 Å². The molecule has 1 atom stereocenters. The van der Waals surface area contributed by atoms with Gasteiger partial charge in [-0.1, -0.05) is 18.2 Å². The first-order chi connectivity index (χ1) is 7.68. The summed E-state index contributed by atoms with van der Waals surface area (Å²) in [6.45, 7) is 3.03. The second-order valence-corrected chi connectivity index (χ2v) is 4.44. The van der Waals surface area contributed by atoms with Gasteiger partial charge in [0.25, 0.3) is 0 Å². The third kappa shape index (κ3) is 2.25. The van der Waals surface area contributed by atoms with Gasteiger partial charge in [-0.2, -0.15) is 0 Å². The average molecular weight is 218 g/mol. The van der Waals surface area contributed by atoms with Gasteiger partial charge in [0.1, 0.15) is 0 Å². The molecule has 0 aromatic heterocycles. The topological polar surface area (TPSA) is 32.3 Å². The summed E-state index contributed by atoms with van der Waals surface area (Å²) < 4.78 is 0. The van der Waals surface area contributed by atoms with E-state index in [-0.39, 0.29) is 11.9 Å². The van der Waals surface area contributed by atoms with E-state index in [1.54, 1.807) is 0 Å². The summed E-state index contributed by atoms with van der Waals surface area (Å²) in [6, 6.07) is 7.92. The fourth-order valence-electron chi connectivity index (χ4n) is 2.17. The first-order valence-corrected chi connectivity index (χ1v) is 5.75. The zero-order valence-electron chi connectivity index (χ0n) is 9.86. The summed E-state index contributed by atoms with van der Waals surface area (Å²) in [5.74, 6) is 0.120. The molecular weight excluding hydrogens is 200 g/mol. The molecule has 1 fully saturated rings. The standard InChI is InChI=1S/C13H18N2O/c1-10-6-3-4-7-11(10)14-13(16)12-8-5-9-15(12)2/h3-4,6-7,12H,5,8-9H2,1-2H3,(H,14,16)/t12-/m0/s1. The van der Waals surface area contributed by atoms with Gasteiger partial charge < -0.3 is 5.32 Å². The van der Waals surface area contributed by atoms with Crippen molar-refractivity contribution in [3.8, 4) is 0 Å². The Kier molecular flexibility index (Phi) is 3.25. The van der Waals surface area contributed by atoms with Crippen LogP contribution in [0.5, 0.6) is 0 Å². The molecule has 0 saturated carbocycles. The molecule has 0 bridgehead atoms. The molecule has 0 aliphatic carbocycles. The number of nitrogens with zero attached hydrogens (tertiary/aromatic N) is 1. The average Bonchev–Trinajstić information content (AvgIpc) is 2.68. The molecule has 16 heavy (non-hydrogen) atoms. The van der Waals surface area contributed by atoms with E-state index in [4.69, 9.17) is 0 Å². The van der Waals surface area contributed by atoms with Crippen molar-refractivity contribution in [2.45, 2.75) is 25.8 Å². The number of para-hydroxylation sites is 1. The minimum atomic E-state index is 0.0413. The van der Waals surface area contributed by atoms with E-state index in [1.807, 2.05) is 38.2 Å². The lowest BCUT2D eigenvalue weighted by Gasteiger charge is -2.19. The largest absolute Gasteiger partial charge is 0.324 e. The van der Waals surface area contributed by atoms with Crippen molar-refractivity contribution in [3.05, 3.63) is 29.8 Å². The minimum absolute atomic E-state index is 0.0413. The number of likely N-dealkylation sites (tertiary alicyclic amines) is 1. The molecule has 3 nitrogen and oxygen atoms in total. The molecule has 1 amide bonds. The predicted octanol–water partition coefficient (Wildman–Crippen LogP) is 2.03. The van der Waals surface area contributed by atoms with E-state index >= 15 is 0 Å². The Morgan fingerprint density at radius 1 is 1.44 bits per heavy atom. The van der Waals surface area contributed by atoms with Crippen LogP contribution < -0.4 is 5.32 Å². The number of hydrogen-bond acceptors (Lipinski definition) is 2. The number of carbonyl (C=O) groups is 1. The van der Waals surface area contributed by atoms with Crippen molar-refractivity contribution >= 4 is 11.6 Å². The maximum Gasteiger partial charge on any atom is 0.241 e. The van der Waals surface area contributed by atoms with Crippen LogP contribution in [0.2, 0.25) is 0 Å². The van der Waals surface area contributed by atoms with Crippen LogP contribution >= 0.6 is 0 Å². The van der Waals surface area contributed by atoms with Gasteiger partial charge in [0.05, 0.1) is 6.04 Å². The second kappa shape index (κ2) is 4.66. The van der Waals surface area contributed by atoms with Gasteiger partial charge in [-0.3, -0.25) is 9.69 Å². The maximum atomic E-state index is 12.0. The van der Waals surface area contributed by atoms with Gasteiger partial charge in [0.2, 0.25) is 5.91 Å². The van der Waals surface area contributed by atoms with E-state index in [9.17, 15) is 4.79 Å². The lowest BCUT2D eigenvalue weighted by molar-refractivity contribution is -0.119. The summed E-state index contributed by atoms with van der Waals surface area (Å²) >= 11 is 0. The Morgan fingerprint density at radius 3 is 2.81 bits per heavy atom. The second-order valence-electron chi connectivity index (χ2n) is 4.44. The molecule has 1 aliphatic heterocycles. The van der Waals surface area contributed by atoms with Crippen LogP contribution in [0, 0.1) is 6.92 Å². The van der Waals surface area contributed by atoms with Gasteiger partial charge in [-0.25, -0.2) is 0 Å². The number of benzene rings is 1. The number of anilines is 1. The van der Waals surface area contributed by atoms with Crippen molar-refractivity contribution in [1.82, 2.24) is 4.90 Å². The van der Waals surface area contributed by atoms with Crippen molar-refractivity contribution in [2.24, 2.45) is 0 Å². The SMILES string of the molecule is Cc1ccccc1NC(=O)[C@@H]1CCCN1C. The molecule has 1 aromatic carbocycles. The molecule has 2 rings (SSSR count). The molecule has 0 radical (unpaired) electrons. The lowest BCUT2D eigenvalue weighted by atomic mass is 10.1. The van der Waals surface area contributed by atoms with Gasteiger partial charge >= 0.3 is 0 Å². The quantitative estimate of drug-likeness (QED) is 0.823. The van der Waals surface area contributed by atoms with Crippen LogP contribution in [0.1, 0.15) is 18.4 Å². The Hall–Kier alpha value is -1.35. The number of carbonyl (C=O) groups excluding carboxylic acids is 1. The molecule has 0 spiro atoms. The third-order valence-electron chi connectivity index (χ3n) is 3.23. The summed E-state index contributed by atoms with van der Waals surface area (Å²) in [5.41, 5.74) is 2.03. The highest BCUT2D eigenvalue weighted by Gasteiger charge is 2.27. The Bertz CT molecular complexity index is 389. The fraction of sp³-hybridized carbons (Fsp3) is 0.462. The van der Waals surface area contributed by atoms with Crippen LogP contribution in [-0.2, 0) is 4.79 Å². The normalized spacial score (nSPS) is 21.0. The van der Waals surface area contributed by atoms with E-state index in [0.29, 0.717) is 0 Å². The minimum Gasteiger partial charge on any atom is -0.324 e. The third-order valence-corrected chi connectivity index (χ3v) is 3.23. The summed E-state index contributed by atoms with van der Waals surface area (Å²) in [7, 11) is 2.01. The van der Waals surface area contributed by atoms with E-state index in [0.717, 1.165) is 30.6 Å². The van der Waals surface area contributed by atoms with Crippen molar-refractivity contribution in [3.63, 3.8) is 0 Å². The van der Waals surface area contributed by atoms with E-state index in [2.05, 4.69) is 10.2 Å². The van der Waals surface area contributed by atoms with Gasteiger partial charge in [0, 0.05) is 5.69 Å². The Morgan fingerprint density at radius 2 is 2.19 bits per heavy atom. The van der Waals surface area contributed by atoms with E-state index in [1.165, 1.54) is 0 Å². The lowest BCUT2D eigenvalue weighted by Crippen LogP contribution is -2.37. The molecular formula is C13H18N2O. The first kappa shape index (κ1) is 11.1. The highest BCUT2D eigenvalue weighted by atomic mass is 16.2. The smallest absolute Gasteiger partial charge is 0.241 e. The number of likely N-dealkylation sites (N-methyl/N-ethyl adjacent to an activating group) is 1. The molecule has 1 N–H and O–H groups in total. The summed E-state index contributed by atoms with van der Waals surface area (Å²) in [6.07, 6.45) is 2.08. The van der Waals surface area contributed by atoms with Crippen LogP contribution in [0.3, 0.4) is 0 Å². The molecule has 3 heteroatoms. The highest BCUT2D eigenvalue weighted by Crippen LogP contribution is 2.18. The number of amides is 1. The molecule has 0 unspecified atom stereocenters. The molecule has 1 saturated heterocycles. The zero-order chi connectivity index (χ0) is 11.5. The highest BCUT2D eigenvalue weighted by molar-refractivity contribution is 5.95. The number of nitrogens with one attached hydrogen (secondary N) is 1. The molecule has 1 heterocycles. The number of hydrogen-bond donors (Lipinski definition) is 1. The zero-order valence-corrected chi connectivity index (χ0v) is 9.86. The monoisotopic (exact) mass is 218 g/mol. The first-order valence-electron chi connectivity index (χ1n) is 5.75. The van der Waals surface area contributed by atoms with Gasteiger partial charge in [-0.05, 0) is 45.0 Å². The maximum absolute atomic E-state index is 12.0. The summed E-state index contributed by atoms with van der Waals surface area (Å²) in [4.78, 5) is 14.1. The van der Waals surface area contributed by atoms with E-state index < -0.39 is 0 Å². The predicted molar refractivity (Wildman–Crippen MR) is 65.5 cm³/mol. The van der Waals surface area contributed by atoms with Gasteiger partial charge in [0.15, 0.2) is 0 Å². The van der Waals surface area contributed by atoms with Crippen LogP contribution in [-0.4, -0.2) is 30.4 Å². The van der Waals surface area contributed by atoms with Crippen LogP contribution in [0.25, 0.3) is 0 Å². The van der Waals surface area contributed by atoms with Crippen molar-refractivity contribution in [1.29, 1.82) is 0 Å². The van der Waals surface area contributed by atoms with Crippen LogP contribution in [0.15, 0.2) is 24.3 Å². The Labute approximate surface area is 96.5 Å².